The molecule has 0 fully saturated rings. The molecule has 0 bridgehead atoms. The first-order chi connectivity index (χ1) is 8.79. The minimum atomic E-state index is -3.32. The number of carbonyl (C=O) groups is 1. The smallest absolute Gasteiger partial charge is 0.235 e. The molecule has 0 aromatic heterocycles. The lowest BCUT2D eigenvalue weighted by Crippen LogP contribution is -2.38. The average Bonchev–Trinajstić information content (AvgIpc) is 2.30. The maximum atomic E-state index is 11.5. The highest BCUT2D eigenvalue weighted by molar-refractivity contribution is 7.88. The van der Waals surface area contributed by atoms with Gasteiger partial charge in [0.15, 0.2) is 0 Å². The number of nitrogens with one attached hydrogen (secondary N) is 1. The number of hydrogen-bond acceptors (Lipinski definition) is 4. The molecule has 0 saturated carbocycles. The van der Waals surface area contributed by atoms with E-state index in [0.29, 0.717) is 18.7 Å². The van der Waals surface area contributed by atoms with E-state index in [1.165, 1.54) is 7.05 Å². The first-order valence-corrected chi connectivity index (χ1v) is 7.66. The fourth-order valence-corrected chi connectivity index (χ4v) is 1.76. The van der Waals surface area contributed by atoms with Crippen molar-refractivity contribution in [2.75, 3.05) is 32.1 Å². The molecule has 1 rings (SSSR count). The molecule has 0 atom stereocenters. The fraction of sp³-hybridized carbons (Fsp3) is 0.417. The van der Waals surface area contributed by atoms with Crippen LogP contribution in [0, 0.1) is 0 Å². The Hall–Kier alpha value is -1.60. The van der Waals surface area contributed by atoms with Crippen molar-refractivity contribution in [1.29, 1.82) is 0 Å². The van der Waals surface area contributed by atoms with Crippen LogP contribution in [0.2, 0.25) is 0 Å². The standard InChI is InChI=1S/C12H19N3O3S/c1-15(19(2,17)18)9-12(16)14-8-7-10-3-5-11(13)6-4-10/h3-6H,7-9,13H2,1-2H3,(H,14,16). The van der Waals surface area contributed by atoms with Gasteiger partial charge >= 0.3 is 0 Å². The summed E-state index contributed by atoms with van der Waals surface area (Å²) in [6.07, 6.45) is 1.74. The van der Waals surface area contributed by atoms with Crippen LogP contribution < -0.4 is 11.1 Å². The number of nitrogens with zero attached hydrogens (tertiary/aromatic N) is 1. The molecule has 0 aliphatic heterocycles. The van der Waals surface area contributed by atoms with Crippen LogP contribution in [0.15, 0.2) is 24.3 Å². The molecule has 0 aliphatic rings. The third-order valence-corrected chi connectivity index (χ3v) is 3.91. The Morgan fingerprint density at radius 1 is 1.32 bits per heavy atom. The van der Waals surface area contributed by atoms with E-state index >= 15 is 0 Å². The second-order valence-electron chi connectivity index (χ2n) is 4.36. The molecular weight excluding hydrogens is 266 g/mol. The van der Waals surface area contributed by atoms with Gasteiger partial charge in [-0.15, -0.1) is 0 Å². The van der Waals surface area contributed by atoms with Crippen LogP contribution in [0.5, 0.6) is 0 Å². The monoisotopic (exact) mass is 285 g/mol. The summed E-state index contributed by atoms with van der Waals surface area (Å²) in [5, 5.41) is 2.67. The van der Waals surface area contributed by atoms with Gasteiger partial charge in [0.25, 0.3) is 0 Å². The number of benzene rings is 1. The number of nitrogens with two attached hydrogens (primary N) is 1. The molecule has 0 aliphatic carbocycles. The lowest BCUT2D eigenvalue weighted by atomic mass is 10.1. The van der Waals surface area contributed by atoms with Gasteiger partial charge in [-0.1, -0.05) is 12.1 Å². The minimum Gasteiger partial charge on any atom is -0.399 e. The highest BCUT2D eigenvalue weighted by atomic mass is 32.2. The van der Waals surface area contributed by atoms with Crippen molar-refractivity contribution >= 4 is 21.6 Å². The summed E-state index contributed by atoms with van der Waals surface area (Å²) in [6.45, 7) is 0.293. The number of nitrogen functional groups attached to an aromatic ring is 1. The summed E-state index contributed by atoms with van der Waals surface area (Å²) in [5.41, 5.74) is 7.32. The summed E-state index contributed by atoms with van der Waals surface area (Å²) >= 11 is 0. The first kappa shape index (κ1) is 15.5. The lowest BCUT2D eigenvalue weighted by Gasteiger charge is -2.13. The van der Waals surface area contributed by atoms with Gasteiger partial charge in [0, 0.05) is 19.3 Å². The maximum Gasteiger partial charge on any atom is 0.235 e. The van der Waals surface area contributed by atoms with E-state index in [-0.39, 0.29) is 12.5 Å². The van der Waals surface area contributed by atoms with Gasteiger partial charge in [-0.05, 0) is 24.1 Å². The number of likely N-dealkylation sites (N-methyl/N-ethyl adjacent to an activating group) is 1. The third-order valence-electron chi connectivity index (χ3n) is 2.65. The molecule has 19 heavy (non-hydrogen) atoms. The normalized spacial score (nSPS) is 11.5. The van der Waals surface area contributed by atoms with E-state index in [2.05, 4.69) is 5.32 Å². The van der Waals surface area contributed by atoms with Crippen molar-refractivity contribution in [3.8, 4) is 0 Å². The van der Waals surface area contributed by atoms with Crippen molar-refractivity contribution < 1.29 is 13.2 Å². The number of anilines is 1. The zero-order chi connectivity index (χ0) is 14.5. The van der Waals surface area contributed by atoms with Gasteiger partial charge in [0.05, 0.1) is 12.8 Å². The van der Waals surface area contributed by atoms with E-state index in [9.17, 15) is 13.2 Å². The van der Waals surface area contributed by atoms with Crippen molar-refractivity contribution in [2.24, 2.45) is 0 Å². The van der Waals surface area contributed by atoms with Crippen LogP contribution in [0.25, 0.3) is 0 Å². The number of hydrogen-bond donors (Lipinski definition) is 2. The Labute approximate surface area is 113 Å². The molecule has 0 unspecified atom stereocenters. The van der Waals surface area contributed by atoms with Gasteiger partial charge in [-0.3, -0.25) is 4.79 Å². The number of sulfonamides is 1. The number of carbonyl (C=O) groups excluding carboxylic acids is 1. The largest absolute Gasteiger partial charge is 0.399 e. The van der Waals surface area contributed by atoms with Crippen molar-refractivity contribution in [2.45, 2.75) is 6.42 Å². The first-order valence-electron chi connectivity index (χ1n) is 5.81. The van der Waals surface area contributed by atoms with Crippen LogP contribution in [-0.2, 0) is 21.2 Å². The molecule has 6 nitrogen and oxygen atoms in total. The van der Waals surface area contributed by atoms with E-state index in [1.54, 1.807) is 12.1 Å². The Kier molecular flexibility index (Phi) is 5.31. The molecule has 106 valence electrons. The van der Waals surface area contributed by atoms with Crippen molar-refractivity contribution in [3.63, 3.8) is 0 Å². The van der Waals surface area contributed by atoms with Gasteiger partial charge < -0.3 is 11.1 Å². The Morgan fingerprint density at radius 3 is 2.42 bits per heavy atom. The quantitative estimate of drug-likeness (QED) is 0.709. The highest BCUT2D eigenvalue weighted by Gasteiger charge is 2.14. The zero-order valence-electron chi connectivity index (χ0n) is 11.1. The Bertz CT molecular complexity index is 526. The van der Waals surface area contributed by atoms with Gasteiger partial charge in [0.1, 0.15) is 0 Å². The van der Waals surface area contributed by atoms with E-state index in [1.807, 2.05) is 12.1 Å². The van der Waals surface area contributed by atoms with Crippen LogP contribution in [0.1, 0.15) is 5.56 Å². The molecule has 0 heterocycles. The van der Waals surface area contributed by atoms with Crippen LogP contribution in [0.3, 0.4) is 0 Å². The van der Waals surface area contributed by atoms with E-state index in [0.717, 1.165) is 16.1 Å². The minimum absolute atomic E-state index is 0.166. The zero-order valence-corrected chi connectivity index (χ0v) is 11.9. The molecule has 1 aromatic rings. The average molecular weight is 285 g/mol. The Balaban J connectivity index is 2.33. The van der Waals surface area contributed by atoms with E-state index < -0.39 is 10.0 Å². The summed E-state index contributed by atoms with van der Waals surface area (Å²) in [6, 6.07) is 7.39. The second kappa shape index (κ2) is 6.53. The predicted molar refractivity (Wildman–Crippen MR) is 75.0 cm³/mol. The molecule has 0 saturated heterocycles. The summed E-state index contributed by atoms with van der Waals surface area (Å²) in [4.78, 5) is 11.5. The summed E-state index contributed by atoms with van der Waals surface area (Å²) in [7, 11) is -1.95. The van der Waals surface area contributed by atoms with Gasteiger partial charge in [-0.25, -0.2) is 8.42 Å². The predicted octanol–water partition coefficient (Wildman–Crippen LogP) is -0.181. The number of amides is 1. The summed E-state index contributed by atoms with van der Waals surface area (Å²) < 4.78 is 23.3. The molecule has 0 radical (unpaired) electrons. The van der Waals surface area contributed by atoms with Crippen LogP contribution in [-0.4, -0.2) is 45.0 Å². The number of rotatable bonds is 6. The van der Waals surface area contributed by atoms with Crippen molar-refractivity contribution in [3.05, 3.63) is 29.8 Å². The van der Waals surface area contributed by atoms with Crippen LogP contribution >= 0.6 is 0 Å². The fourth-order valence-electron chi connectivity index (χ4n) is 1.41. The molecular formula is C12H19N3O3S. The molecule has 1 aromatic carbocycles. The Morgan fingerprint density at radius 2 is 1.89 bits per heavy atom. The van der Waals surface area contributed by atoms with Crippen LogP contribution in [0.4, 0.5) is 5.69 Å². The molecule has 0 spiro atoms. The molecule has 7 heteroatoms. The second-order valence-corrected chi connectivity index (χ2v) is 6.45. The van der Waals surface area contributed by atoms with Gasteiger partial charge in [-0.2, -0.15) is 4.31 Å². The maximum absolute atomic E-state index is 11.5. The van der Waals surface area contributed by atoms with Gasteiger partial charge in [0.2, 0.25) is 15.9 Å². The molecule has 3 N–H and O–H groups in total. The third kappa shape index (κ3) is 5.71. The SMILES string of the molecule is CN(CC(=O)NCCc1ccc(N)cc1)S(C)(=O)=O. The molecule has 1 amide bonds. The summed E-state index contributed by atoms with van der Waals surface area (Å²) in [5.74, 6) is -0.316. The lowest BCUT2D eigenvalue weighted by molar-refractivity contribution is -0.121. The van der Waals surface area contributed by atoms with E-state index in [4.69, 9.17) is 5.73 Å². The highest BCUT2D eigenvalue weighted by Crippen LogP contribution is 2.05. The topological polar surface area (TPSA) is 92.5 Å². The van der Waals surface area contributed by atoms with Crippen molar-refractivity contribution in [1.82, 2.24) is 9.62 Å².